The minimum Gasteiger partial charge on any atom is -0.436 e. The molecular weight excluding hydrogens is 538 g/mol. The zero-order valence-corrected chi connectivity index (χ0v) is 22.6. The van der Waals surface area contributed by atoms with Crippen molar-refractivity contribution in [2.45, 2.75) is 38.4 Å². The summed E-state index contributed by atoms with van der Waals surface area (Å²) in [5, 5.41) is 0. The number of aromatic amines is 1. The van der Waals surface area contributed by atoms with E-state index < -0.39 is 0 Å². The third kappa shape index (κ3) is 4.75. The molecule has 6 nitrogen and oxygen atoms in total. The molecule has 1 atom stereocenters. The molecular formula is C31H28BrN5O. The van der Waals surface area contributed by atoms with Gasteiger partial charge in [-0.2, -0.15) is 0 Å². The van der Waals surface area contributed by atoms with Gasteiger partial charge in [0.15, 0.2) is 5.58 Å². The summed E-state index contributed by atoms with van der Waals surface area (Å²) in [7, 11) is 0. The SMILES string of the molecule is Br.c1cnc2c(c1)CCCC2N(Cc1ccc(-c2nc3ccccc3o2)cc1)Cc1nc2ccccc2[nH]1. The molecule has 0 bridgehead atoms. The second kappa shape index (κ2) is 10.5. The maximum atomic E-state index is 5.97. The number of rotatable bonds is 6. The zero-order chi connectivity index (χ0) is 24.6. The van der Waals surface area contributed by atoms with Crippen LogP contribution in [0.2, 0.25) is 0 Å². The van der Waals surface area contributed by atoms with Gasteiger partial charge in [-0.15, -0.1) is 17.0 Å². The average Bonchev–Trinajstić information content (AvgIpc) is 3.57. The van der Waals surface area contributed by atoms with Gasteiger partial charge in [-0.3, -0.25) is 9.88 Å². The van der Waals surface area contributed by atoms with Gasteiger partial charge >= 0.3 is 0 Å². The summed E-state index contributed by atoms with van der Waals surface area (Å²) in [5.74, 6) is 1.63. The van der Waals surface area contributed by atoms with Gasteiger partial charge in [0.1, 0.15) is 11.3 Å². The molecule has 1 aliphatic rings. The number of oxazole rings is 1. The van der Waals surface area contributed by atoms with Crippen molar-refractivity contribution >= 4 is 39.1 Å². The maximum absolute atomic E-state index is 5.97. The molecule has 0 spiro atoms. The molecule has 3 aromatic carbocycles. The largest absolute Gasteiger partial charge is 0.436 e. The number of halogens is 1. The lowest BCUT2D eigenvalue weighted by Crippen LogP contribution is -2.31. The molecule has 0 aliphatic heterocycles. The Morgan fingerprint density at radius 1 is 0.842 bits per heavy atom. The highest BCUT2D eigenvalue weighted by Crippen LogP contribution is 2.35. The number of imidazole rings is 1. The van der Waals surface area contributed by atoms with Crippen LogP contribution in [0.25, 0.3) is 33.6 Å². The van der Waals surface area contributed by atoms with Gasteiger partial charge in [0, 0.05) is 18.3 Å². The topological polar surface area (TPSA) is 70.8 Å². The molecule has 3 heterocycles. The minimum absolute atomic E-state index is 0. The Labute approximate surface area is 231 Å². The third-order valence-corrected chi connectivity index (χ3v) is 7.28. The first-order chi connectivity index (χ1) is 18.3. The number of fused-ring (bicyclic) bond motifs is 3. The molecule has 6 aromatic rings. The van der Waals surface area contributed by atoms with Gasteiger partial charge in [0.05, 0.1) is 29.3 Å². The van der Waals surface area contributed by atoms with Gasteiger partial charge in [-0.05, 0) is 72.9 Å². The first-order valence-electron chi connectivity index (χ1n) is 12.9. The first-order valence-corrected chi connectivity index (χ1v) is 12.9. The molecule has 1 aliphatic carbocycles. The van der Waals surface area contributed by atoms with E-state index in [1.54, 1.807) is 0 Å². The Morgan fingerprint density at radius 3 is 2.50 bits per heavy atom. The quantitative estimate of drug-likeness (QED) is 0.227. The van der Waals surface area contributed by atoms with Crippen molar-refractivity contribution in [3.63, 3.8) is 0 Å². The molecule has 7 heteroatoms. The average molecular weight is 567 g/mol. The van der Waals surface area contributed by atoms with Crippen molar-refractivity contribution in [2.75, 3.05) is 0 Å². The molecule has 0 saturated heterocycles. The van der Waals surface area contributed by atoms with E-state index in [9.17, 15) is 0 Å². The smallest absolute Gasteiger partial charge is 0.227 e. The van der Waals surface area contributed by atoms with Crippen LogP contribution in [-0.4, -0.2) is 24.8 Å². The Balaban J connectivity index is 0.00000264. The predicted molar refractivity (Wildman–Crippen MR) is 155 cm³/mol. The second-order valence-electron chi connectivity index (χ2n) is 9.75. The predicted octanol–water partition coefficient (Wildman–Crippen LogP) is 7.42. The number of hydrogen-bond acceptors (Lipinski definition) is 5. The van der Waals surface area contributed by atoms with Crippen LogP contribution in [0, 0.1) is 0 Å². The van der Waals surface area contributed by atoms with Crippen LogP contribution in [0.15, 0.2) is 95.5 Å². The van der Waals surface area contributed by atoms with Crippen molar-refractivity contribution in [3.05, 3.63) is 114 Å². The van der Waals surface area contributed by atoms with Crippen LogP contribution in [0.5, 0.6) is 0 Å². The molecule has 3 aromatic heterocycles. The molecule has 0 fully saturated rings. The van der Waals surface area contributed by atoms with E-state index in [1.165, 1.54) is 16.8 Å². The van der Waals surface area contributed by atoms with Crippen molar-refractivity contribution < 1.29 is 4.42 Å². The van der Waals surface area contributed by atoms with Gasteiger partial charge < -0.3 is 9.40 Å². The van der Waals surface area contributed by atoms with Crippen LogP contribution in [0.3, 0.4) is 0 Å². The van der Waals surface area contributed by atoms with Crippen LogP contribution < -0.4 is 0 Å². The highest BCUT2D eigenvalue weighted by atomic mass is 79.9. The van der Waals surface area contributed by atoms with Gasteiger partial charge in [0.2, 0.25) is 5.89 Å². The highest BCUT2D eigenvalue weighted by Gasteiger charge is 2.28. The van der Waals surface area contributed by atoms with Crippen LogP contribution in [0.1, 0.15) is 41.5 Å². The normalized spacial score (nSPS) is 15.0. The number of hydrogen-bond donors (Lipinski definition) is 1. The summed E-state index contributed by atoms with van der Waals surface area (Å²) in [5.41, 5.74) is 8.54. The van der Waals surface area contributed by atoms with Gasteiger partial charge in [-0.25, -0.2) is 9.97 Å². The Morgan fingerprint density at radius 2 is 1.66 bits per heavy atom. The van der Waals surface area contributed by atoms with Crippen LogP contribution in [0.4, 0.5) is 0 Å². The fraction of sp³-hybridized carbons (Fsp3) is 0.194. The molecule has 0 radical (unpaired) electrons. The number of nitrogens with zero attached hydrogens (tertiary/aromatic N) is 4. The number of benzene rings is 3. The van der Waals surface area contributed by atoms with E-state index in [-0.39, 0.29) is 23.0 Å². The number of H-pyrrole nitrogens is 1. The Kier molecular flexibility index (Phi) is 6.79. The van der Waals surface area contributed by atoms with Crippen molar-refractivity contribution in [1.82, 2.24) is 24.8 Å². The van der Waals surface area contributed by atoms with E-state index in [2.05, 4.69) is 63.4 Å². The molecule has 1 unspecified atom stereocenters. The summed E-state index contributed by atoms with van der Waals surface area (Å²) in [4.78, 5) is 20.4. The van der Waals surface area contributed by atoms with E-state index in [0.717, 1.165) is 65.9 Å². The van der Waals surface area contributed by atoms with E-state index in [4.69, 9.17) is 14.4 Å². The van der Waals surface area contributed by atoms with Crippen molar-refractivity contribution in [1.29, 1.82) is 0 Å². The summed E-state index contributed by atoms with van der Waals surface area (Å²) < 4.78 is 5.97. The monoisotopic (exact) mass is 565 g/mol. The van der Waals surface area contributed by atoms with E-state index >= 15 is 0 Å². The summed E-state index contributed by atoms with van der Waals surface area (Å²) in [6.07, 6.45) is 5.27. The standard InChI is InChI=1S/C31H27N5O.BrH/c1-2-10-25-24(9-1)33-29(34-25)20-36(27-12-5-7-22-8-6-18-32-30(22)27)19-21-14-16-23(17-15-21)31-35-26-11-3-4-13-28(26)37-31;/h1-4,6,8-11,13-18,27H,5,7,12,19-20H2,(H,33,34);1H. The number of aryl methyl sites for hydroxylation is 1. The van der Waals surface area contributed by atoms with Gasteiger partial charge in [0.25, 0.3) is 0 Å². The Hall–Kier alpha value is -3.81. The van der Waals surface area contributed by atoms with Crippen molar-refractivity contribution in [3.8, 4) is 11.5 Å². The first kappa shape index (κ1) is 24.5. The molecule has 38 heavy (non-hydrogen) atoms. The fourth-order valence-electron chi connectivity index (χ4n) is 5.47. The van der Waals surface area contributed by atoms with E-state index in [1.807, 2.05) is 42.6 Å². The Bertz CT molecular complexity index is 1620. The lowest BCUT2D eigenvalue weighted by atomic mass is 9.90. The number of para-hydroxylation sites is 4. The third-order valence-electron chi connectivity index (χ3n) is 7.28. The fourth-order valence-corrected chi connectivity index (χ4v) is 5.47. The van der Waals surface area contributed by atoms with Gasteiger partial charge in [-0.1, -0.05) is 42.5 Å². The zero-order valence-electron chi connectivity index (χ0n) is 20.9. The minimum atomic E-state index is 0. The number of aromatic nitrogens is 4. The van der Waals surface area contributed by atoms with Crippen LogP contribution in [-0.2, 0) is 19.5 Å². The maximum Gasteiger partial charge on any atom is 0.227 e. The summed E-state index contributed by atoms with van der Waals surface area (Å²) >= 11 is 0. The van der Waals surface area contributed by atoms with Crippen molar-refractivity contribution in [2.24, 2.45) is 0 Å². The lowest BCUT2D eigenvalue weighted by Gasteiger charge is -2.34. The second-order valence-corrected chi connectivity index (χ2v) is 9.75. The molecule has 190 valence electrons. The summed E-state index contributed by atoms with van der Waals surface area (Å²) in [6, 6.07) is 29.2. The molecule has 7 rings (SSSR count). The van der Waals surface area contributed by atoms with E-state index in [0.29, 0.717) is 5.89 Å². The molecule has 0 saturated carbocycles. The molecule has 1 N–H and O–H groups in total. The lowest BCUT2D eigenvalue weighted by molar-refractivity contribution is 0.153. The number of pyridine rings is 1. The van der Waals surface area contributed by atoms with Crippen LogP contribution >= 0.6 is 17.0 Å². The molecule has 0 amide bonds. The number of nitrogens with one attached hydrogen (secondary N) is 1. The highest BCUT2D eigenvalue weighted by molar-refractivity contribution is 8.93. The summed E-state index contributed by atoms with van der Waals surface area (Å²) in [6.45, 7) is 1.52.